The summed E-state index contributed by atoms with van der Waals surface area (Å²) < 4.78 is 0. The lowest BCUT2D eigenvalue weighted by Crippen LogP contribution is -2.48. The smallest absolute Gasteiger partial charge is 0.317 e. The Bertz CT molecular complexity index is 779. The van der Waals surface area contributed by atoms with Gasteiger partial charge in [-0.3, -0.25) is 4.79 Å². The van der Waals surface area contributed by atoms with Gasteiger partial charge in [-0.1, -0.05) is 36.4 Å². The van der Waals surface area contributed by atoms with Crippen LogP contribution in [0.25, 0.3) is 0 Å². The number of pyridine rings is 1. The van der Waals surface area contributed by atoms with Crippen LogP contribution >= 0.6 is 0 Å². The number of carbonyl (C=O) groups is 2. The van der Waals surface area contributed by atoms with Crippen molar-refractivity contribution in [2.24, 2.45) is 5.92 Å². The van der Waals surface area contributed by atoms with Crippen molar-refractivity contribution >= 4 is 17.8 Å². The number of aromatic nitrogens is 1. The van der Waals surface area contributed by atoms with Gasteiger partial charge in [-0.2, -0.15) is 0 Å². The number of likely N-dealkylation sites (tertiary alicyclic amines) is 1. The predicted octanol–water partition coefficient (Wildman–Crippen LogP) is 2.99. The minimum atomic E-state index is -0.208. The van der Waals surface area contributed by atoms with E-state index in [4.69, 9.17) is 0 Å². The van der Waals surface area contributed by atoms with Gasteiger partial charge in [0.2, 0.25) is 5.91 Å². The molecule has 1 fully saturated rings. The van der Waals surface area contributed by atoms with Gasteiger partial charge in [0.1, 0.15) is 5.82 Å². The maximum atomic E-state index is 12.6. The highest BCUT2D eigenvalue weighted by Gasteiger charge is 2.28. The Balaban J connectivity index is 1.48. The quantitative estimate of drug-likeness (QED) is 0.854. The molecule has 3 amide bonds. The number of hydrogen-bond donors (Lipinski definition) is 2. The monoisotopic (exact) mass is 366 g/mol. The van der Waals surface area contributed by atoms with Gasteiger partial charge >= 0.3 is 6.03 Å². The molecule has 2 aromatic rings. The van der Waals surface area contributed by atoms with Crippen LogP contribution in [0.2, 0.25) is 0 Å². The standard InChI is InChI=1S/C21H26N4O2/c1-16-7-5-12-22-19(16)24-20(26)18-10-6-14-25(15-18)21(27)23-13-11-17-8-3-2-4-9-17/h2-5,7-9,12,18H,6,10-11,13-15H2,1H3,(H,23,27)(H,22,24,26)/t18-/m0/s1. The van der Waals surface area contributed by atoms with E-state index in [1.807, 2.05) is 49.4 Å². The molecule has 1 aliphatic heterocycles. The van der Waals surface area contributed by atoms with Crippen molar-refractivity contribution in [2.45, 2.75) is 26.2 Å². The summed E-state index contributed by atoms with van der Waals surface area (Å²) in [5.74, 6) is 0.311. The first-order valence-electron chi connectivity index (χ1n) is 9.42. The fraction of sp³-hybridized carbons (Fsp3) is 0.381. The fourth-order valence-electron chi connectivity index (χ4n) is 3.28. The van der Waals surface area contributed by atoms with Crippen LogP contribution in [-0.2, 0) is 11.2 Å². The number of benzene rings is 1. The highest BCUT2D eigenvalue weighted by molar-refractivity contribution is 5.92. The van der Waals surface area contributed by atoms with Crippen LogP contribution in [0.4, 0.5) is 10.6 Å². The summed E-state index contributed by atoms with van der Waals surface area (Å²) in [7, 11) is 0. The summed E-state index contributed by atoms with van der Waals surface area (Å²) in [4.78, 5) is 31.0. The molecular weight excluding hydrogens is 340 g/mol. The minimum absolute atomic E-state index is 0.0708. The third-order valence-electron chi connectivity index (χ3n) is 4.86. The normalized spacial score (nSPS) is 16.6. The molecule has 1 aliphatic rings. The fourth-order valence-corrected chi connectivity index (χ4v) is 3.28. The number of piperidine rings is 1. The number of nitrogens with one attached hydrogen (secondary N) is 2. The maximum Gasteiger partial charge on any atom is 0.317 e. The molecule has 1 atom stereocenters. The van der Waals surface area contributed by atoms with Crippen LogP contribution in [0.3, 0.4) is 0 Å². The van der Waals surface area contributed by atoms with Crippen LogP contribution in [0.15, 0.2) is 48.7 Å². The molecule has 2 heterocycles. The van der Waals surface area contributed by atoms with Gasteiger partial charge in [0, 0.05) is 25.8 Å². The molecule has 0 bridgehead atoms. The summed E-state index contributed by atoms with van der Waals surface area (Å²) in [6, 6.07) is 13.7. The van der Waals surface area contributed by atoms with Crippen molar-refractivity contribution in [3.63, 3.8) is 0 Å². The Morgan fingerprint density at radius 2 is 2.00 bits per heavy atom. The van der Waals surface area contributed by atoms with Crippen molar-refractivity contribution in [3.8, 4) is 0 Å². The van der Waals surface area contributed by atoms with E-state index in [9.17, 15) is 9.59 Å². The summed E-state index contributed by atoms with van der Waals surface area (Å²) in [5, 5.41) is 5.86. The number of hydrogen-bond acceptors (Lipinski definition) is 3. The molecule has 142 valence electrons. The molecule has 1 aromatic heterocycles. The Kier molecular flexibility index (Phi) is 6.41. The third-order valence-corrected chi connectivity index (χ3v) is 4.86. The van der Waals surface area contributed by atoms with Crippen LogP contribution in [0.5, 0.6) is 0 Å². The minimum Gasteiger partial charge on any atom is -0.338 e. The van der Waals surface area contributed by atoms with E-state index in [-0.39, 0.29) is 17.9 Å². The molecule has 6 nitrogen and oxygen atoms in total. The summed E-state index contributed by atoms with van der Waals surface area (Å²) in [5.41, 5.74) is 2.12. The summed E-state index contributed by atoms with van der Waals surface area (Å²) in [6.45, 7) is 3.62. The van der Waals surface area contributed by atoms with Crippen LogP contribution in [0.1, 0.15) is 24.0 Å². The molecule has 0 spiro atoms. The van der Waals surface area contributed by atoms with E-state index < -0.39 is 0 Å². The second-order valence-electron chi connectivity index (χ2n) is 6.91. The van der Waals surface area contributed by atoms with Crippen LogP contribution < -0.4 is 10.6 Å². The number of aryl methyl sites for hydroxylation is 1. The zero-order chi connectivity index (χ0) is 19.1. The molecule has 1 saturated heterocycles. The van der Waals surface area contributed by atoms with Gasteiger partial charge < -0.3 is 15.5 Å². The first-order chi connectivity index (χ1) is 13.1. The average Bonchev–Trinajstić information content (AvgIpc) is 2.70. The van der Waals surface area contributed by atoms with E-state index in [0.29, 0.717) is 25.5 Å². The van der Waals surface area contributed by atoms with Gasteiger partial charge in [-0.15, -0.1) is 0 Å². The van der Waals surface area contributed by atoms with Crippen LogP contribution in [0, 0.1) is 12.8 Å². The Morgan fingerprint density at radius 1 is 1.19 bits per heavy atom. The second kappa shape index (κ2) is 9.16. The predicted molar refractivity (Wildman–Crippen MR) is 105 cm³/mol. The average molecular weight is 366 g/mol. The van der Waals surface area contributed by atoms with Crippen LogP contribution in [-0.4, -0.2) is 41.5 Å². The molecule has 27 heavy (non-hydrogen) atoms. The number of nitrogens with zero attached hydrogens (tertiary/aromatic N) is 2. The van der Waals surface area contributed by atoms with E-state index in [2.05, 4.69) is 15.6 Å². The Labute approximate surface area is 160 Å². The Hall–Kier alpha value is -2.89. The molecule has 6 heteroatoms. The second-order valence-corrected chi connectivity index (χ2v) is 6.91. The first kappa shape index (κ1) is 18.9. The number of urea groups is 1. The van der Waals surface area contributed by atoms with Gasteiger partial charge in [0.25, 0.3) is 0 Å². The number of amides is 3. The van der Waals surface area contributed by atoms with Gasteiger partial charge in [0.15, 0.2) is 0 Å². The summed E-state index contributed by atoms with van der Waals surface area (Å²) >= 11 is 0. The topological polar surface area (TPSA) is 74.3 Å². The molecule has 0 unspecified atom stereocenters. The third kappa shape index (κ3) is 5.29. The number of rotatable bonds is 5. The van der Waals surface area contributed by atoms with Crippen molar-refractivity contribution in [1.82, 2.24) is 15.2 Å². The van der Waals surface area contributed by atoms with E-state index >= 15 is 0 Å². The molecule has 0 saturated carbocycles. The first-order valence-corrected chi connectivity index (χ1v) is 9.42. The lowest BCUT2D eigenvalue weighted by Gasteiger charge is -2.32. The number of anilines is 1. The molecule has 0 aliphatic carbocycles. The zero-order valence-electron chi connectivity index (χ0n) is 15.6. The maximum absolute atomic E-state index is 12.6. The number of carbonyl (C=O) groups excluding carboxylic acids is 2. The molecule has 3 rings (SSSR count). The van der Waals surface area contributed by atoms with Crippen molar-refractivity contribution in [1.29, 1.82) is 0 Å². The SMILES string of the molecule is Cc1cccnc1NC(=O)[C@H]1CCCN(C(=O)NCCc2ccccc2)C1. The van der Waals surface area contributed by atoms with E-state index in [0.717, 1.165) is 24.8 Å². The molecule has 2 N–H and O–H groups in total. The lowest BCUT2D eigenvalue weighted by molar-refractivity contribution is -0.121. The van der Waals surface area contributed by atoms with Crippen molar-refractivity contribution in [2.75, 3.05) is 25.0 Å². The Morgan fingerprint density at radius 3 is 2.78 bits per heavy atom. The van der Waals surface area contributed by atoms with Gasteiger partial charge in [-0.25, -0.2) is 9.78 Å². The molecule has 1 aromatic carbocycles. The van der Waals surface area contributed by atoms with Gasteiger partial charge in [0.05, 0.1) is 5.92 Å². The largest absolute Gasteiger partial charge is 0.338 e. The zero-order valence-corrected chi connectivity index (χ0v) is 15.6. The highest BCUT2D eigenvalue weighted by Crippen LogP contribution is 2.19. The van der Waals surface area contributed by atoms with Crippen molar-refractivity contribution < 1.29 is 9.59 Å². The molecular formula is C21H26N4O2. The lowest BCUT2D eigenvalue weighted by atomic mass is 9.97. The van der Waals surface area contributed by atoms with E-state index in [1.165, 1.54) is 5.56 Å². The van der Waals surface area contributed by atoms with E-state index in [1.54, 1.807) is 11.1 Å². The van der Waals surface area contributed by atoms with Crippen molar-refractivity contribution in [3.05, 3.63) is 59.8 Å². The van der Waals surface area contributed by atoms with Gasteiger partial charge in [-0.05, 0) is 43.4 Å². The molecule has 0 radical (unpaired) electrons. The highest BCUT2D eigenvalue weighted by atomic mass is 16.2. The summed E-state index contributed by atoms with van der Waals surface area (Å²) in [6.07, 6.45) is 4.07.